The molecule has 2 rings (SSSR count). The molecule has 1 amide bonds. The van der Waals surface area contributed by atoms with Gasteiger partial charge in [-0.3, -0.25) is 9.48 Å². The number of amides is 1. The quantitative estimate of drug-likeness (QED) is 0.891. The summed E-state index contributed by atoms with van der Waals surface area (Å²) in [6, 6.07) is 0. The van der Waals surface area contributed by atoms with Crippen LogP contribution >= 0.6 is 24.8 Å². The number of hydrogen-bond donors (Lipinski definition) is 1. The van der Waals surface area contributed by atoms with E-state index in [0.717, 1.165) is 12.0 Å². The molecule has 0 saturated carbocycles. The van der Waals surface area contributed by atoms with Gasteiger partial charge in [0.15, 0.2) is 0 Å². The lowest BCUT2D eigenvalue weighted by Gasteiger charge is -2.40. The van der Waals surface area contributed by atoms with Crippen molar-refractivity contribution in [2.75, 3.05) is 26.2 Å². The maximum absolute atomic E-state index is 12.1. The number of carbonyl (C=O) groups is 1. The maximum Gasteiger partial charge on any atom is 0.222 e. The highest BCUT2D eigenvalue weighted by atomic mass is 35.5. The molecule has 1 aromatic rings. The summed E-state index contributed by atoms with van der Waals surface area (Å²) >= 11 is 0. The molecule has 122 valence electrons. The Kier molecular flexibility index (Phi) is 8.25. The second kappa shape index (κ2) is 8.58. The zero-order valence-electron chi connectivity index (χ0n) is 12.4. The average molecular weight is 339 g/mol. The van der Waals surface area contributed by atoms with E-state index in [0.29, 0.717) is 32.7 Å². The maximum atomic E-state index is 12.1. The minimum absolute atomic E-state index is 0. The lowest BCUT2D eigenvalue weighted by Crippen LogP contribution is -2.50. The molecular weight excluding hydrogens is 315 g/mol. The standard InChI is InChI=1S/C13H22N4O2.2ClH/c1-13(11-8-15-16(2)9-11)10-17(6-7-19-13)12(18)4-3-5-14;;/h8-9H,3-7,10,14H2,1-2H3;2*1H. The number of aryl methyl sites for hydroxylation is 1. The van der Waals surface area contributed by atoms with E-state index in [1.807, 2.05) is 25.1 Å². The highest BCUT2D eigenvalue weighted by Gasteiger charge is 2.36. The average Bonchev–Trinajstić information content (AvgIpc) is 2.83. The van der Waals surface area contributed by atoms with Crippen LogP contribution in [-0.2, 0) is 22.2 Å². The molecule has 0 spiro atoms. The van der Waals surface area contributed by atoms with Crippen molar-refractivity contribution in [2.24, 2.45) is 12.8 Å². The van der Waals surface area contributed by atoms with E-state index in [9.17, 15) is 4.79 Å². The van der Waals surface area contributed by atoms with E-state index < -0.39 is 5.60 Å². The molecular formula is C13H24Cl2N4O2. The fourth-order valence-electron chi connectivity index (χ4n) is 2.36. The first-order valence-electron chi connectivity index (χ1n) is 6.66. The molecule has 1 saturated heterocycles. The SMILES string of the molecule is Cl.Cl.Cn1cc(C2(C)CN(C(=O)CCCN)CCO2)cn1. The Morgan fingerprint density at radius 2 is 2.24 bits per heavy atom. The van der Waals surface area contributed by atoms with E-state index in [1.165, 1.54) is 0 Å². The van der Waals surface area contributed by atoms with Crippen molar-refractivity contribution < 1.29 is 9.53 Å². The number of morpholine rings is 1. The van der Waals surface area contributed by atoms with Gasteiger partial charge < -0.3 is 15.4 Å². The largest absolute Gasteiger partial charge is 0.367 e. The summed E-state index contributed by atoms with van der Waals surface area (Å²) in [6.45, 7) is 4.34. The van der Waals surface area contributed by atoms with Crippen LogP contribution in [0.25, 0.3) is 0 Å². The monoisotopic (exact) mass is 338 g/mol. The van der Waals surface area contributed by atoms with Crippen molar-refractivity contribution >= 4 is 30.7 Å². The minimum atomic E-state index is -0.467. The highest BCUT2D eigenvalue weighted by molar-refractivity contribution is 5.85. The summed E-state index contributed by atoms with van der Waals surface area (Å²) in [4.78, 5) is 13.9. The van der Waals surface area contributed by atoms with Gasteiger partial charge in [0.1, 0.15) is 5.60 Å². The third-order valence-electron chi connectivity index (χ3n) is 3.54. The van der Waals surface area contributed by atoms with Gasteiger partial charge in [-0.05, 0) is 19.9 Å². The van der Waals surface area contributed by atoms with Gasteiger partial charge >= 0.3 is 0 Å². The molecule has 1 aromatic heterocycles. The first-order chi connectivity index (χ1) is 9.05. The topological polar surface area (TPSA) is 73.4 Å². The molecule has 1 atom stereocenters. The van der Waals surface area contributed by atoms with Crippen molar-refractivity contribution in [1.82, 2.24) is 14.7 Å². The predicted octanol–water partition coefficient (Wildman–Crippen LogP) is 1.08. The number of nitrogens with zero attached hydrogens (tertiary/aromatic N) is 3. The normalized spacial score (nSPS) is 21.4. The van der Waals surface area contributed by atoms with Crippen LogP contribution in [0.3, 0.4) is 0 Å². The summed E-state index contributed by atoms with van der Waals surface area (Å²) < 4.78 is 7.63. The van der Waals surface area contributed by atoms with Crippen LogP contribution < -0.4 is 5.73 Å². The predicted molar refractivity (Wildman–Crippen MR) is 85.9 cm³/mol. The van der Waals surface area contributed by atoms with Crippen LogP contribution in [0.15, 0.2) is 12.4 Å². The molecule has 1 aliphatic rings. The summed E-state index contributed by atoms with van der Waals surface area (Å²) in [6.07, 6.45) is 4.99. The zero-order chi connectivity index (χ0) is 13.9. The number of carbonyl (C=O) groups excluding carboxylic acids is 1. The lowest BCUT2D eigenvalue weighted by molar-refractivity contribution is -0.149. The molecule has 1 unspecified atom stereocenters. The second-order valence-corrected chi connectivity index (χ2v) is 5.19. The zero-order valence-corrected chi connectivity index (χ0v) is 14.1. The van der Waals surface area contributed by atoms with Crippen molar-refractivity contribution in [1.29, 1.82) is 0 Å². The van der Waals surface area contributed by atoms with Crippen LogP contribution in [0.1, 0.15) is 25.3 Å². The van der Waals surface area contributed by atoms with Gasteiger partial charge in [0, 0.05) is 31.8 Å². The van der Waals surface area contributed by atoms with Crippen LogP contribution in [0, 0.1) is 0 Å². The molecule has 2 heterocycles. The number of nitrogens with two attached hydrogens (primary N) is 1. The fraction of sp³-hybridized carbons (Fsp3) is 0.692. The number of rotatable bonds is 4. The van der Waals surface area contributed by atoms with Gasteiger partial charge in [-0.15, -0.1) is 24.8 Å². The molecule has 0 radical (unpaired) electrons. The number of ether oxygens (including phenoxy) is 1. The molecule has 0 aromatic carbocycles. The van der Waals surface area contributed by atoms with E-state index in [-0.39, 0.29) is 30.7 Å². The summed E-state index contributed by atoms with van der Waals surface area (Å²) in [5, 5.41) is 4.17. The molecule has 6 nitrogen and oxygen atoms in total. The molecule has 21 heavy (non-hydrogen) atoms. The van der Waals surface area contributed by atoms with Crippen LogP contribution in [-0.4, -0.2) is 46.8 Å². The van der Waals surface area contributed by atoms with E-state index in [4.69, 9.17) is 10.5 Å². The van der Waals surface area contributed by atoms with Crippen molar-refractivity contribution in [3.05, 3.63) is 18.0 Å². The Labute approximate surface area is 137 Å². The third-order valence-corrected chi connectivity index (χ3v) is 3.54. The van der Waals surface area contributed by atoms with Crippen molar-refractivity contribution in [3.8, 4) is 0 Å². The van der Waals surface area contributed by atoms with Gasteiger partial charge in [-0.25, -0.2) is 0 Å². The highest BCUT2D eigenvalue weighted by Crippen LogP contribution is 2.29. The Hall–Kier alpha value is -0.820. The Morgan fingerprint density at radius 1 is 1.52 bits per heavy atom. The molecule has 0 bridgehead atoms. The number of hydrogen-bond acceptors (Lipinski definition) is 4. The first kappa shape index (κ1) is 20.2. The Morgan fingerprint density at radius 3 is 2.81 bits per heavy atom. The Balaban J connectivity index is 0.00000200. The summed E-state index contributed by atoms with van der Waals surface area (Å²) in [5.41, 5.74) is 5.99. The van der Waals surface area contributed by atoms with Gasteiger partial charge in [0.25, 0.3) is 0 Å². The molecule has 0 aliphatic carbocycles. The summed E-state index contributed by atoms with van der Waals surface area (Å²) in [5.74, 6) is 0.156. The van der Waals surface area contributed by atoms with Crippen LogP contribution in [0.2, 0.25) is 0 Å². The molecule has 1 fully saturated rings. The number of halogens is 2. The van der Waals surface area contributed by atoms with Gasteiger partial charge in [-0.2, -0.15) is 5.10 Å². The van der Waals surface area contributed by atoms with Crippen LogP contribution in [0.4, 0.5) is 0 Å². The first-order valence-corrected chi connectivity index (χ1v) is 6.66. The molecule has 8 heteroatoms. The second-order valence-electron chi connectivity index (χ2n) is 5.19. The smallest absolute Gasteiger partial charge is 0.222 e. The lowest BCUT2D eigenvalue weighted by atomic mass is 9.96. The summed E-state index contributed by atoms with van der Waals surface area (Å²) in [7, 11) is 1.87. The van der Waals surface area contributed by atoms with Crippen molar-refractivity contribution in [2.45, 2.75) is 25.4 Å². The number of aromatic nitrogens is 2. The van der Waals surface area contributed by atoms with Crippen LogP contribution in [0.5, 0.6) is 0 Å². The van der Waals surface area contributed by atoms with E-state index in [2.05, 4.69) is 5.10 Å². The molecule has 1 aliphatic heterocycles. The van der Waals surface area contributed by atoms with E-state index >= 15 is 0 Å². The van der Waals surface area contributed by atoms with Crippen molar-refractivity contribution in [3.63, 3.8) is 0 Å². The van der Waals surface area contributed by atoms with Gasteiger partial charge in [-0.1, -0.05) is 0 Å². The minimum Gasteiger partial charge on any atom is -0.367 e. The third kappa shape index (κ3) is 4.85. The Bertz CT molecular complexity index is 455. The van der Waals surface area contributed by atoms with Gasteiger partial charge in [0.05, 0.1) is 19.3 Å². The fourth-order valence-corrected chi connectivity index (χ4v) is 2.36. The van der Waals surface area contributed by atoms with Gasteiger partial charge in [0.2, 0.25) is 5.91 Å². The molecule has 2 N–H and O–H groups in total. The van der Waals surface area contributed by atoms with E-state index in [1.54, 1.807) is 10.9 Å².